The Hall–Kier alpha value is -4.16. The highest BCUT2D eigenvalue weighted by molar-refractivity contribution is 5.86. The van der Waals surface area contributed by atoms with Crippen LogP contribution in [0.4, 0.5) is 4.79 Å². The molecule has 0 bridgehead atoms. The molecule has 1 aromatic rings. The third-order valence-corrected chi connectivity index (χ3v) is 12.0. The summed E-state index contributed by atoms with van der Waals surface area (Å²) < 4.78 is 11.1. The first kappa shape index (κ1) is 40.5. The molecule has 0 radical (unpaired) electrons. The van der Waals surface area contributed by atoms with Crippen LogP contribution in [0, 0.1) is 29.6 Å². The Bertz CT molecular complexity index is 1550. The average molecular weight is 764 g/mol. The monoisotopic (exact) mass is 763 g/mol. The Balaban J connectivity index is 0.979. The molecule has 5 aliphatic rings. The normalized spacial score (nSPS) is 26.6. The molecule has 5 amide bonds. The van der Waals surface area contributed by atoms with Gasteiger partial charge in [0.2, 0.25) is 23.6 Å². The minimum atomic E-state index is -0.609. The van der Waals surface area contributed by atoms with Gasteiger partial charge in [-0.15, -0.1) is 0 Å². The highest BCUT2D eigenvalue weighted by Gasteiger charge is 2.41. The van der Waals surface area contributed by atoms with Gasteiger partial charge in [0, 0.05) is 65.4 Å². The highest BCUT2D eigenvalue weighted by atomic mass is 16.6. The summed E-state index contributed by atoms with van der Waals surface area (Å²) in [4.78, 5) is 89.8. The van der Waals surface area contributed by atoms with Crippen LogP contribution in [0.5, 0.6) is 0 Å². The van der Waals surface area contributed by atoms with E-state index in [1.165, 1.54) is 0 Å². The molecule has 5 aliphatic heterocycles. The van der Waals surface area contributed by atoms with E-state index in [4.69, 9.17) is 9.47 Å². The second-order valence-electron chi connectivity index (χ2n) is 17.4. The average Bonchev–Trinajstić information content (AvgIpc) is 3.21. The van der Waals surface area contributed by atoms with E-state index in [9.17, 15) is 28.8 Å². The van der Waals surface area contributed by atoms with Crippen molar-refractivity contribution < 1.29 is 38.2 Å². The van der Waals surface area contributed by atoms with Crippen molar-refractivity contribution in [1.29, 1.82) is 0 Å². The van der Waals surface area contributed by atoms with Crippen LogP contribution in [0.15, 0.2) is 30.3 Å². The van der Waals surface area contributed by atoms with E-state index >= 15 is 0 Å². The zero-order chi connectivity index (χ0) is 39.1. The quantitative estimate of drug-likeness (QED) is 0.375. The van der Waals surface area contributed by atoms with Crippen LogP contribution in [0.3, 0.4) is 0 Å². The molecule has 302 valence electrons. The fourth-order valence-corrected chi connectivity index (χ4v) is 9.06. The van der Waals surface area contributed by atoms with Gasteiger partial charge in [-0.05, 0) is 90.5 Å². The number of ether oxygens (including phenoxy) is 2. The summed E-state index contributed by atoms with van der Waals surface area (Å²) in [6, 6.07) is 9.56. The lowest BCUT2D eigenvalue weighted by Gasteiger charge is -2.41. The summed E-state index contributed by atoms with van der Waals surface area (Å²) in [7, 11) is 0. The minimum absolute atomic E-state index is 0.000632. The molecule has 0 spiro atoms. The van der Waals surface area contributed by atoms with Crippen molar-refractivity contribution in [2.75, 3.05) is 65.4 Å². The van der Waals surface area contributed by atoms with Gasteiger partial charge in [0.15, 0.2) is 0 Å². The maximum absolute atomic E-state index is 14.0. The maximum atomic E-state index is 14.0. The van der Waals surface area contributed by atoms with Crippen LogP contribution < -0.4 is 0 Å². The van der Waals surface area contributed by atoms with Gasteiger partial charge in [-0.25, -0.2) is 4.79 Å². The first-order valence-corrected chi connectivity index (χ1v) is 20.7. The van der Waals surface area contributed by atoms with Crippen LogP contribution in [-0.4, -0.2) is 131 Å². The molecular weight excluding hydrogens is 702 g/mol. The van der Waals surface area contributed by atoms with Crippen molar-refractivity contribution in [3.63, 3.8) is 0 Å². The molecule has 13 nitrogen and oxygen atoms in total. The predicted molar refractivity (Wildman–Crippen MR) is 204 cm³/mol. The number of carbonyl (C=O) groups is 6. The molecule has 5 fully saturated rings. The van der Waals surface area contributed by atoms with Gasteiger partial charge in [0.25, 0.3) is 0 Å². The summed E-state index contributed by atoms with van der Waals surface area (Å²) >= 11 is 0. The molecule has 0 N–H and O–H groups in total. The molecule has 1 aromatic carbocycles. The number of hydrogen-bond donors (Lipinski definition) is 0. The first-order valence-electron chi connectivity index (χ1n) is 20.7. The Morgan fingerprint density at radius 2 is 0.873 bits per heavy atom. The number of amides is 5. The third kappa shape index (κ3) is 10.6. The highest BCUT2D eigenvalue weighted by Crippen LogP contribution is 2.30. The number of esters is 1. The van der Waals surface area contributed by atoms with Gasteiger partial charge < -0.3 is 34.0 Å². The van der Waals surface area contributed by atoms with Crippen molar-refractivity contribution in [2.45, 2.75) is 97.2 Å². The molecule has 5 unspecified atom stereocenters. The lowest BCUT2D eigenvalue weighted by molar-refractivity contribution is -0.154. The summed E-state index contributed by atoms with van der Waals surface area (Å²) in [6.07, 6.45) is 6.75. The first-order chi connectivity index (χ1) is 26.4. The topological polar surface area (TPSA) is 137 Å². The van der Waals surface area contributed by atoms with Crippen molar-refractivity contribution in [3.8, 4) is 0 Å². The largest absolute Gasteiger partial charge is 0.461 e. The fourth-order valence-electron chi connectivity index (χ4n) is 9.06. The molecule has 6 rings (SSSR count). The van der Waals surface area contributed by atoms with Crippen molar-refractivity contribution in [1.82, 2.24) is 24.5 Å². The van der Waals surface area contributed by atoms with Crippen molar-refractivity contribution in [2.24, 2.45) is 29.6 Å². The van der Waals surface area contributed by atoms with Crippen LogP contribution >= 0.6 is 0 Å². The minimum Gasteiger partial charge on any atom is -0.461 e. The second kappa shape index (κ2) is 18.2. The maximum Gasteiger partial charge on any atom is 0.410 e. The van der Waals surface area contributed by atoms with Gasteiger partial charge in [0.1, 0.15) is 12.2 Å². The molecule has 55 heavy (non-hydrogen) atoms. The van der Waals surface area contributed by atoms with E-state index in [2.05, 4.69) is 0 Å². The molecule has 0 aliphatic carbocycles. The number of carbonyl (C=O) groups excluding carboxylic acids is 6. The zero-order valence-corrected chi connectivity index (χ0v) is 33.1. The van der Waals surface area contributed by atoms with Gasteiger partial charge in [-0.1, -0.05) is 30.3 Å². The lowest BCUT2D eigenvalue weighted by atomic mass is 9.89. The van der Waals surface area contributed by atoms with Crippen LogP contribution in [0.25, 0.3) is 0 Å². The van der Waals surface area contributed by atoms with Gasteiger partial charge in [0.05, 0.1) is 29.6 Å². The molecule has 0 aromatic heterocycles. The lowest BCUT2D eigenvalue weighted by Crippen LogP contribution is -2.54. The third-order valence-electron chi connectivity index (χ3n) is 12.0. The number of benzene rings is 1. The van der Waals surface area contributed by atoms with Crippen molar-refractivity contribution in [3.05, 3.63) is 35.9 Å². The van der Waals surface area contributed by atoms with Crippen molar-refractivity contribution >= 4 is 35.7 Å². The molecule has 0 saturated carbocycles. The molecule has 5 saturated heterocycles. The molecule has 5 heterocycles. The second-order valence-corrected chi connectivity index (χ2v) is 17.4. The smallest absolute Gasteiger partial charge is 0.410 e. The molecule has 5 atom stereocenters. The SMILES string of the molecule is CC(C)(C)OC(=O)N1CCCC(C(=O)N2CCCC(C(=O)N3CCCC(C(=O)N4CCCC(C(=O)N5CCCC(C(=O)OCc6ccccc6)C5)C4)C3)C2)C1. The van der Waals surface area contributed by atoms with Gasteiger partial charge in [-0.2, -0.15) is 0 Å². The summed E-state index contributed by atoms with van der Waals surface area (Å²) in [6.45, 7) is 10.4. The molecular formula is C42H61N5O8. The number of rotatable bonds is 7. The van der Waals surface area contributed by atoms with Crippen LogP contribution in [0.2, 0.25) is 0 Å². The Morgan fingerprint density at radius 1 is 0.527 bits per heavy atom. The summed E-state index contributed by atoms with van der Waals surface area (Å²) in [5.41, 5.74) is 0.317. The van der Waals surface area contributed by atoms with E-state index in [1.807, 2.05) is 65.8 Å². The standard InChI is InChI=1S/C42H61N5O8/c1-42(2,3)55-41(53)47-23-10-17-34(27-47)39(51)45-21-8-15-32(25-45)37(49)43-19-7-14-31(24-43)36(48)44-20-9-16-33(26-44)38(50)46-22-11-18-35(28-46)40(52)54-29-30-12-5-4-6-13-30/h4-6,12-13,31-35H,7-11,14-29H2,1-3H3. The van der Waals surface area contributed by atoms with E-state index in [-0.39, 0.29) is 65.8 Å². The number of piperidine rings is 5. The van der Waals surface area contributed by atoms with Crippen LogP contribution in [0.1, 0.15) is 90.5 Å². The van der Waals surface area contributed by atoms with E-state index < -0.39 is 11.7 Å². The van der Waals surface area contributed by atoms with Gasteiger partial charge in [-0.3, -0.25) is 24.0 Å². The zero-order valence-electron chi connectivity index (χ0n) is 33.1. The Labute approximate surface area is 326 Å². The van der Waals surface area contributed by atoms with E-state index in [1.54, 1.807) is 9.80 Å². The van der Waals surface area contributed by atoms with Gasteiger partial charge >= 0.3 is 12.1 Å². The summed E-state index contributed by atoms with van der Waals surface area (Å²) in [5.74, 6) is -1.91. The van der Waals surface area contributed by atoms with Crippen LogP contribution in [-0.2, 0) is 40.1 Å². The van der Waals surface area contributed by atoms with E-state index in [0.29, 0.717) is 97.6 Å². The fraction of sp³-hybridized carbons (Fsp3) is 0.714. The Kier molecular flexibility index (Phi) is 13.4. The number of hydrogen-bond acceptors (Lipinski definition) is 8. The Morgan fingerprint density at radius 3 is 1.27 bits per heavy atom. The predicted octanol–water partition coefficient (Wildman–Crippen LogP) is 4.33. The molecule has 13 heteroatoms. The summed E-state index contributed by atoms with van der Waals surface area (Å²) in [5, 5.41) is 0. The number of nitrogens with zero attached hydrogens (tertiary/aromatic N) is 5. The number of likely N-dealkylation sites (tertiary alicyclic amines) is 5. The van der Waals surface area contributed by atoms with E-state index in [0.717, 1.165) is 37.7 Å².